The highest BCUT2D eigenvalue weighted by Crippen LogP contribution is 2.06. The molecule has 104 valence electrons. The van der Waals surface area contributed by atoms with Crippen molar-refractivity contribution in [3.8, 4) is 0 Å². The molecule has 3 N–H and O–H groups in total. The van der Waals surface area contributed by atoms with Gasteiger partial charge in [-0.15, -0.1) is 0 Å². The maximum absolute atomic E-state index is 5.48. The number of nitrogens with two attached hydrogens (primary N) is 1. The molecule has 0 bridgehead atoms. The van der Waals surface area contributed by atoms with Gasteiger partial charge < -0.3 is 10.8 Å². The van der Waals surface area contributed by atoms with Crippen molar-refractivity contribution >= 4 is 28.2 Å². The number of rotatable bonds is 12. The maximum Gasteiger partial charge on any atom is 0.00283 e. The smallest absolute Gasteiger partial charge is 0.00283 e. The lowest BCUT2D eigenvalue weighted by Crippen LogP contribution is -2.20. The van der Waals surface area contributed by atoms with Crippen LogP contribution < -0.4 is 10.8 Å². The molecule has 0 heterocycles. The minimum absolute atomic E-state index is 0.786. The average molecular weight is 298 g/mol. The monoisotopic (exact) mass is 298 g/mol. The van der Waals surface area contributed by atoms with Crippen molar-refractivity contribution in [2.24, 2.45) is 5.73 Å². The van der Waals surface area contributed by atoms with Crippen LogP contribution in [0.5, 0.6) is 0 Å². The summed E-state index contributed by atoms with van der Waals surface area (Å²) in [5, 5.41) is 3.09. The van der Waals surface area contributed by atoms with Crippen LogP contribution in [0.2, 0.25) is 0 Å². The van der Waals surface area contributed by atoms with E-state index in [1.165, 1.54) is 19.3 Å². The number of nitrogens with zero attached hydrogens (tertiary/aromatic N) is 2. The van der Waals surface area contributed by atoms with Crippen LogP contribution in [0.3, 0.4) is 0 Å². The first-order valence-corrected chi connectivity index (χ1v) is 7.94. The van der Waals surface area contributed by atoms with Gasteiger partial charge in [0.25, 0.3) is 0 Å². The second-order valence-corrected chi connectivity index (χ2v) is 6.10. The van der Waals surface area contributed by atoms with Gasteiger partial charge in [0, 0.05) is 26.2 Å². The SMILES string of the molecule is NCCCN(P)CCCCN(P)CCCNP. The van der Waals surface area contributed by atoms with E-state index in [1.807, 2.05) is 0 Å². The molecule has 3 atom stereocenters. The number of unbranched alkanes of at least 4 members (excludes halogenated alkanes) is 1. The van der Waals surface area contributed by atoms with Crippen LogP contribution >= 0.6 is 28.2 Å². The van der Waals surface area contributed by atoms with Crippen LogP contribution in [-0.4, -0.2) is 48.6 Å². The third-order valence-electron chi connectivity index (χ3n) is 2.56. The van der Waals surface area contributed by atoms with E-state index in [9.17, 15) is 0 Å². The second-order valence-electron chi connectivity index (χ2n) is 4.23. The van der Waals surface area contributed by atoms with Crippen molar-refractivity contribution in [2.45, 2.75) is 25.7 Å². The molecule has 7 heteroatoms. The molecule has 3 unspecified atom stereocenters. The van der Waals surface area contributed by atoms with E-state index in [1.54, 1.807) is 0 Å². The van der Waals surface area contributed by atoms with Crippen molar-refractivity contribution in [1.82, 2.24) is 14.4 Å². The van der Waals surface area contributed by atoms with Gasteiger partial charge in [-0.3, -0.25) is 9.34 Å². The Kier molecular flexibility index (Phi) is 14.5. The van der Waals surface area contributed by atoms with E-state index in [0.29, 0.717) is 0 Å². The van der Waals surface area contributed by atoms with Gasteiger partial charge in [-0.1, -0.05) is 28.2 Å². The first-order chi connectivity index (χ1) is 8.20. The van der Waals surface area contributed by atoms with Crippen molar-refractivity contribution in [1.29, 1.82) is 0 Å². The van der Waals surface area contributed by atoms with Gasteiger partial charge in [-0.25, -0.2) is 0 Å². The van der Waals surface area contributed by atoms with Crippen molar-refractivity contribution < 1.29 is 0 Å². The fourth-order valence-electron chi connectivity index (χ4n) is 1.53. The quantitative estimate of drug-likeness (QED) is 0.418. The zero-order valence-electron chi connectivity index (χ0n) is 10.8. The Morgan fingerprint density at radius 3 is 1.76 bits per heavy atom. The first-order valence-electron chi connectivity index (χ1n) is 6.33. The maximum atomic E-state index is 5.48. The third kappa shape index (κ3) is 13.4. The Balaban J connectivity index is 3.25. The summed E-state index contributed by atoms with van der Waals surface area (Å²) in [6.07, 6.45) is 4.78. The van der Waals surface area contributed by atoms with E-state index >= 15 is 0 Å². The van der Waals surface area contributed by atoms with Crippen LogP contribution in [0.4, 0.5) is 0 Å². The van der Waals surface area contributed by atoms with Crippen molar-refractivity contribution in [3.63, 3.8) is 0 Å². The van der Waals surface area contributed by atoms with Crippen LogP contribution in [0.1, 0.15) is 25.7 Å². The Morgan fingerprint density at radius 1 is 0.824 bits per heavy atom. The summed E-state index contributed by atoms with van der Waals surface area (Å²) in [5.41, 5.74) is 5.48. The summed E-state index contributed by atoms with van der Waals surface area (Å²) >= 11 is 0. The molecule has 0 fully saturated rings. The van der Waals surface area contributed by atoms with Gasteiger partial charge in [0.15, 0.2) is 0 Å². The van der Waals surface area contributed by atoms with Crippen molar-refractivity contribution in [2.75, 3.05) is 39.3 Å². The Bertz CT molecular complexity index is 162. The van der Waals surface area contributed by atoms with Crippen LogP contribution in [0.15, 0.2) is 0 Å². The van der Waals surface area contributed by atoms with Gasteiger partial charge in [0.1, 0.15) is 0 Å². The van der Waals surface area contributed by atoms with Crippen LogP contribution in [0.25, 0.3) is 0 Å². The minimum Gasteiger partial charge on any atom is -0.330 e. The fraction of sp³-hybridized carbons (Fsp3) is 1.00. The van der Waals surface area contributed by atoms with Gasteiger partial charge in [-0.2, -0.15) is 0 Å². The average Bonchev–Trinajstić information content (AvgIpc) is 2.32. The third-order valence-corrected chi connectivity index (χ3v) is 3.88. The first kappa shape index (κ1) is 18.1. The van der Waals surface area contributed by atoms with Crippen molar-refractivity contribution in [3.05, 3.63) is 0 Å². The molecular weight excluding hydrogens is 269 g/mol. The summed E-state index contributed by atoms with van der Waals surface area (Å²) in [7, 11) is 8.14. The minimum atomic E-state index is 0.786. The summed E-state index contributed by atoms with van der Waals surface area (Å²) in [6, 6.07) is 0. The number of hydrogen-bond acceptors (Lipinski definition) is 4. The fourth-order valence-corrected chi connectivity index (χ4v) is 2.47. The molecule has 0 saturated carbocycles. The highest BCUT2D eigenvalue weighted by molar-refractivity contribution is 7.13. The predicted molar refractivity (Wildman–Crippen MR) is 87.8 cm³/mol. The molecule has 0 saturated heterocycles. The highest BCUT2D eigenvalue weighted by Gasteiger charge is 2.00. The number of hydrogen-bond donors (Lipinski definition) is 2. The van der Waals surface area contributed by atoms with E-state index in [2.05, 4.69) is 42.6 Å². The largest absolute Gasteiger partial charge is 0.330 e. The highest BCUT2D eigenvalue weighted by atomic mass is 31.0. The topological polar surface area (TPSA) is 44.5 Å². The lowest BCUT2D eigenvalue weighted by molar-refractivity contribution is 0.404. The zero-order chi connectivity index (χ0) is 12.9. The van der Waals surface area contributed by atoms with Gasteiger partial charge in [0.2, 0.25) is 0 Å². The molecule has 17 heavy (non-hydrogen) atoms. The van der Waals surface area contributed by atoms with Crippen LogP contribution in [-0.2, 0) is 0 Å². The lowest BCUT2D eigenvalue weighted by atomic mass is 10.3. The molecule has 0 rings (SSSR count). The Hall–Kier alpha value is 1.13. The van der Waals surface area contributed by atoms with E-state index in [-0.39, 0.29) is 0 Å². The summed E-state index contributed by atoms with van der Waals surface area (Å²) < 4.78 is 4.62. The molecule has 0 amide bonds. The zero-order valence-corrected chi connectivity index (χ0v) is 14.2. The summed E-state index contributed by atoms with van der Waals surface area (Å²) in [4.78, 5) is 0. The van der Waals surface area contributed by atoms with Gasteiger partial charge >= 0.3 is 0 Å². The van der Waals surface area contributed by atoms with Gasteiger partial charge in [-0.05, 0) is 38.8 Å². The second kappa shape index (κ2) is 13.6. The Morgan fingerprint density at radius 2 is 1.29 bits per heavy atom. The molecule has 0 radical (unpaired) electrons. The van der Waals surface area contributed by atoms with E-state index in [0.717, 1.165) is 45.7 Å². The molecule has 0 aromatic carbocycles. The number of nitrogens with one attached hydrogen (secondary N) is 1. The molecule has 0 aliphatic carbocycles. The summed E-state index contributed by atoms with van der Waals surface area (Å²) in [6.45, 7) is 6.39. The van der Waals surface area contributed by atoms with Crippen LogP contribution in [0, 0.1) is 0 Å². The lowest BCUT2D eigenvalue weighted by Gasteiger charge is -2.18. The molecular formula is C10H29N4P3. The summed E-state index contributed by atoms with van der Waals surface area (Å²) in [5.74, 6) is 0. The Labute approximate surface area is 114 Å². The van der Waals surface area contributed by atoms with E-state index < -0.39 is 0 Å². The standard InChI is InChI=1S/C10H29N4P3/c11-5-3-9-13(16)7-1-2-8-14(17)10-4-6-12-15/h12H,1-11,15-17H2. The molecule has 0 aliphatic rings. The molecule has 0 aromatic heterocycles. The van der Waals surface area contributed by atoms with Gasteiger partial charge in [0.05, 0.1) is 0 Å². The normalized spacial score (nSPS) is 11.6. The molecule has 0 aliphatic heterocycles. The van der Waals surface area contributed by atoms with E-state index in [4.69, 9.17) is 5.73 Å². The molecule has 0 spiro atoms. The molecule has 0 aromatic rings. The molecule has 4 nitrogen and oxygen atoms in total. The predicted octanol–water partition coefficient (Wildman–Crippen LogP) is 1.07.